The van der Waals surface area contributed by atoms with E-state index in [1.165, 1.54) is 0 Å². The molecule has 23 heavy (non-hydrogen) atoms. The largest absolute Gasteiger partial charge is 0.326 e. The van der Waals surface area contributed by atoms with E-state index in [-0.39, 0.29) is 44.4 Å². The molecule has 10 heteroatoms. The zero-order chi connectivity index (χ0) is 18.5. The first-order valence-corrected chi connectivity index (χ1v) is 10.2. The maximum atomic E-state index is 6.23. The molecule has 10 N–H and O–H groups in total. The summed E-state index contributed by atoms with van der Waals surface area (Å²) in [5.74, 6) is 0. The van der Waals surface area contributed by atoms with Crippen molar-refractivity contribution in [3.05, 3.63) is 0 Å². The summed E-state index contributed by atoms with van der Waals surface area (Å²) in [6.07, 6.45) is 0.572. The molecule has 0 spiro atoms. The lowest BCUT2D eigenvalue weighted by Gasteiger charge is -2.35. The lowest BCUT2D eigenvalue weighted by atomic mass is 9.92. The molecule has 0 aliphatic rings. The molecule has 0 aliphatic carbocycles. The van der Waals surface area contributed by atoms with E-state index in [1.54, 1.807) is 0 Å². The van der Waals surface area contributed by atoms with Crippen molar-refractivity contribution in [1.29, 1.82) is 0 Å². The minimum absolute atomic E-state index is 0.0226. The lowest BCUT2D eigenvalue weighted by Crippen LogP contribution is -2.59. The van der Waals surface area contributed by atoms with Crippen molar-refractivity contribution < 1.29 is 0 Å². The third kappa shape index (κ3) is 7.76. The van der Waals surface area contributed by atoms with Gasteiger partial charge >= 0.3 is 0 Å². The first-order chi connectivity index (χ1) is 10.4. The summed E-state index contributed by atoms with van der Waals surface area (Å²) in [6.45, 7) is 3.80. The molecule has 140 valence electrons. The Labute approximate surface area is 168 Å². The van der Waals surface area contributed by atoms with Crippen molar-refractivity contribution in [2.24, 2.45) is 28.7 Å². The average molecular weight is 420 g/mol. The van der Waals surface area contributed by atoms with Gasteiger partial charge in [0.1, 0.15) is 0 Å². The highest BCUT2D eigenvalue weighted by molar-refractivity contribution is 7.82. The number of hydrogen-bond donors (Lipinski definition) is 10. The van der Waals surface area contributed by atoms with E-state index in [1.807, 2.05) is 13.8 Å². The minimum Gasteiger partial charge on any atom is -0.326 e. The first kappa shape index (κ1) is 24.6. The third-order valence-electron chi connectivity index (χ3n) is 4.16. The Kier molecular flexibility index (Phi) is 12.1. The van der Waals surface area contributed by atoms with Gasteiger partial charge in [-0.25, -0.2) is 0 Å². The molecule has 10 unspecified atom stereocenters. The maximum absolute atomic E-state index is 6.23. The second-order valence-electron chi connectivity index (χ2n) is 6.23. The van der Waals surface area contributed by atoms with Crippen molar-refractivity contribution >= 4 is 63.1 Å². The van der Waals surface area contributed by atoms with Gasteiger partial charge in [0.05, 0.1) is 0 Å². The highest BCUT2D eigenvalue weighted by atomic mass is 32.1. The van der Waals surface area contributed by atoms with Crippen LogP contribution in [0.2, 0.25) is 0 Å². The van der Waals surface area contributed by atoms with Gasteiger partial charge in [-0.15, -0.1) is 0 Å². The van der Waals surface area contributed by atoms with Crippen molar-refractivity contribution in [2.75, 3.05) is 0 Å². The summed E-state index contributed by atoms with van der Waals surface area (Å²) < 4.78 is 0. The Morgan fingerprint density at radius 3 is 1.26 bits per heavy atom. The van der Waals surface area contributed by atoms with Gasteiger partial charge in [0, 0.05) is 56.5 Å². The Bertz CT molecular complexity index is 336. The molecule has 0 aromatic heterocycles. The van der Waals surface area contributed by atoms with E-state index in [0.717, 1.165) is 0 Å². The molecule has 0 bridgehead atoms. The summed E-state index contributed by atoms with van der Waals surface area (Å²) in [7, 11) is 0. The molecular formula is C13H33N5S5. The van der Waals surface area contributed by atoms with E-state index in [4.69, 9.17) is 28.7 Å². The van der Waals surface area contributed by atoms with Crippen LogP contribution in [-0.4, -0.2) is 56.5 Å². The van der Waals surface area contributed by atoms with E-state index >= 15 is 0 Å². The summed E-state index contributed by atoms with van der Waals surface area (Å²) in [5, 5.41) is -0.686. The summed E-state index contributed by atoms with van der Waals surface area (Å²) in [4.78, 5) is 0. The smallest absolute Gasteiger partial charge is 0.0346 e. The Morgan fingerprint density at radius 1 is 0.565 bits per heavy atom. The predicted octanol–water partition coefficient (Wildman–Crippen LogP) is -0.455. The van der Waals surface area contributed by atoms with Crippen LogP contribution >= 0.6 is 63.1 Å². The topological polar surface area (TPSA) is 130 Å². The quantitative estimate of drug-likeness (QED) is 0.219. The second-order valence-corrected chi connectivity index (χ2v) is 9.78. The Hall–Kier alpha value is 1.55. The van der Waals surface area contributed by atoms with Crippen molar-refractivity contribution in [1.82, 2.24) is 0 Å². The van der Waals surface area contributed by atoms with E-state index in [9.17, 15) is 0 Å². The normalized spacial score (nSPS) is 25.6. The molecular weight excluding hydrogens is 387 g/mol. The average Bonchev–Trinajstić information content (AvgIpc) is 2.49. The SMILES string of the molecule is CC(S)C(N)C(N)C(S)CC(S)C(N)C(N)C(S)C(N)C(C)S. The molecule has 0 aromatic carbocycles. The van der Waals surface area contributed by atoms with Crippen molar-refractivity contribution in [3.8, 4) is 0 Å². The molecule has 0 aliphatic heterocycles. The third-order valence-corrected chi connectivity index (χ3v) is 6.65. The molecule has 0 aromatic rings. The number of hydrogen-bond acceptors (Lipinski definition) is 10. The van der Waals surface area contributed by atoms with Gasteiger partial charge in [0.25, 0.3) is 0 Å². The van der Waals surface area contributed by atoms with Gasteiger partial charge in [-0.05, 0) is 6.42 Å². The van der Waals surface area contributed by atoms with Gasteiger partial charge in [-0.3, -0.25) is 0 Å². The zero-order valence-corrected chi connectivity index (χ0v) is 18.1. The predicted molar refractivity (Wildman–Crippen MR) is 120 cm³/mol. The van der Waals surface area contributed by atoms with E-state index < -0.39 is 12.1 Å². The molecule has 0 saturated heterocycles. The van der Waals surface area contributed by atoms with E-state index in [0.29, 0.717) is 6.42 Å². The van der Waals surface area contributed by atoms with Crippen LogP contribution in [0.25, 0.3) is 0 Å². The number of rotatable bonds is 10. The molecule has 0 saturated carbocycles. The molecule has 0 heterocycles. The van der Waals surface area contributed by atoms with Crippen LogP contribution in [0.5, 0.6) is 0 Å². The fourth-order valence-corrected chi connectivity index (χ4v) is 4.16. The fraction of sp³-hybridized carbons (Fsp3) is 1.00. The van der Waals surface area contributed by atoms with Crippen LogP contribution in [0.15, 0.2) is 0 Å². The standard InChI is InChI=1S/C13H33N5S5/c1-4(19)8(14)10(16)6(21)3-7(22)11(17)12(18)13(23)9(15)5(2)20/h4-13,19-23H,3,14-18H2,1-2H3. The maximum Gasteiger partial charge on any atom is 0.0346 e. The Morgan fingerprint density at radius 2 is 0.913 bits per heavy atom. The summed E-state index contributed by atoms with van der Waals surface area (Å²) in [6, 6.07) is -1.65. The van der Waals surface area contributed by atoms with Crippen LogP contribution in [0.3, 0.4) is 0 Å². The van der Waals surface area contributed by atoms with Crippen molar-refractivity contribution in [3.63, 3.8) is 0 Å². The van der Waals surface area contributed by atoms with E-state index in [2.05, 4.69) is 63.1 Å². The second kappa shape index (κ2) is 11.3. The van der Waals surface area contributed by atoms with Crippen LogP contribution in [-0.2, 0) is 0 Å². The molecule has 0 fully saturated rings. The molecule has 5 nitrogen and oxygen atoms in total. The Balaban J connectivity index is 4.68. The first-order valence-electron chi connectivity index (χ1n) is 7.60. The number of thiol groups is 5. The van der Waals surface area contributed by atoms with Crippen LogP contribution in [0.1, 0.15) is 20.3 Å². The van der Waals surface area contributed by atoms with Gasteiger partial charge < -0.3 is 28.7 Å². The highest BCUT2D eigenvalue weighted by Crippen LogP contribution is 2.22. The lowest BCUT2D eigenvalue weighted by molar-refractivity contribution is 0.424. The van der Waals surface area contributed by atoms with Gasteiger partial charge in [0.15, 0.2) is 0 Å². The van der Waals surface area contributed by atoms with Crippen LogP contribution < -0.4 is 28.7 Å². The molecule has 0 radical (unpaired) electrons. The van der Waals surface area contributed by atoms with Gasteiger partial charge in [-0.1, -0.05) is 13.8 Å². The summed E-state index contributed by atoms with van der Waals surface area (Å²) >= 11 is 22.3. The van der Waals surface area contributed by atoms with Crippen LogP contribution in [0.4, 0.5) is 0 Å². The molecule has 0 rings (SSSR count). The number of nitrogens with two attached hydrogens (primary N) is 5. The van der Waals surface area contributed by atoms with Crippen molar-refractivity contribution in [2.45, 2.75) is 76.7 Å². The van der Waals surface area contributed by atoms with Gasteiger partial charge in [0.2, 0.25) is 0 Å². The highest BCUT2D eigenvalue weighted by Gasteiger charge is 2.33. The summed E-state index contributed by atoms with van der Waals surface area (Å²) in [5.41, 5.74) is 30.6. The molecule has 10 atom stereocenters. The zero-order valence-electron chi connectivity index (χ0n) is 13.6. The minimum atomic E-state index is -0.417. The monoisotopic (exact) mass is 419 g/mol. The fourth-order valence-electron chi connectivity index (χ4n) is 2.17. The van der Waals surface area contributed by atoms with Crippen LogP contribution in [0, 0.1) is 0 Å². The molecule has 0 amide bonds. The van der Waals surface area contributed by atoms with Gasteiger partial charge in [-0.2, -0.15) is 63.1 Å².